The molecule has 6 nitrogen and oxygen atoms in total. The highest BCUT2D eigenvalue weighted by molar-refractivity contribution is 7.99. The van der Waals surface area contributed by atoms with E-state index in [0.29, 0.717) is 12.4 Å². The summed E-state index contributed by atoms with van der Waals surface area (Å²) in [6, 6.07) is 1.48. The topological polar surface area (TPSA) is 69.3 Å². The van der Waals surface area contributed by atoms with Gasteiger partial charge in [-0.05, 0) is 25.8 Å². The predicted octanol–water partition coefficient (Wildman–Crippen LogP) is 0.872. The van der Waals surface area contributed by atoms with Crippen LogP contribution in [0.15, 0.2) is 10.9 Å². The van der Waals surface area contributed by atoms with Crippen molar-refractivity contribution in [2.24, 2.45) is 0 Å². The van der Waals surface area contributed by atoms with E-state index < -0.39 is 0 Å². The van der Waals surface area contributed by atoms with Gasteiger partial charge in [-0.3, -0.25) is 14.5 Å². The molecule has 23 heavy (non-hydrogen) atoms. The summed E-state index contributed by atoms with van der Waals surface area (Å²) in [5.74, 6) is 2.98. The molecule has 2 fully saturated rings. The van der Waals surface area contributed by atoms with Gasteiger partial charge in [-0.15, -0.1) is 0 Å². The van der Waals surface area contributed by atoms with Gasteiger partial charge in [0.25, 0.3) is 5.56 Å². The van der Waals surface area contributed by atoms with Crippen LogP contribution < -0.4 is 5.56 Å². The van der Waals surface area contributed by atoms with Crippen LogP contribution in [0.3, 0.4) is 0 Å². The molecule has 0 bridgehead atoms. The lowest BCUT2D eigenvalue weighted by Gasteiger charge is -2.32. The third-order valence-electron chi connectivity index (χ3n) is 4.53. The average Bonchev–Trinajstić information content (AvgIpc) is 3.02. The molecular formula is C16H24N4O2S. The maximum atomic E-state index is 12.8. The lowest BCUT2D eigenvalue weighted by molar-refractivity contribution is -0.135. The molecule has 1 amide bonds. The molecule has 1 N–H and O–H groups in total. The Labute approximate surface area is 140 Å². The lowest BCUT2D eigenvalue weighted by atomic mass is 10.2. The quantitative estimate of drug-likeness (QED) is 0.884. The number of nitrogens with one attached hydrogen (secondary N) is 1. The number of hydrogen-bond acceptors (Lipinski definition) is 5. The molecule has 3 heterocycles. The number of aromatic amines is 1. The second kappa shape index (κ2) is 7.49. The van der Waals surface area contributed by atoms with Crippen molar-refractivity contribution in [3.05, 3.63) is 27.9 Å². The number of H-pyrrole nitrogens is 1. The molecule has 1 atom stereocenters. The number of rotatable bonds is 4. The first-order valence-electron chi connectivity index (χ1n) is 8.37. The Balaban J connectivity index is 1.70. The molecule has 0 radical (unpaired) electrons. The molecule has 0 aromatic carbocycles. The van der Waals surface area contributed by atoms with E-state index in [2.05, 4.69) is 14.9 Å². The number of aromatic nitrogens is 2. The first-order valence-corrected chi connectivity index (χ1v) is 9.52. The van der Waals surface area contributed by atoms with E-state index in [1.54, 1.807) is 6.07 Å². The smallest absolute Gasteiger partial charge is 0.251 e. The fourth-order valence-corrected chi connectivity index (χ4v) is 4.20. The van der Waals surface area contributed by atoms with E-state index in [9.17, 15) is 9.59 Å². The summed E-state index contributed by atoms with van der Waals surface area (Å²) >= 11 is 1.91. The standard InChI is InChI=1S/C16H24N4O2S/c1-2-12-10-15(21)18-14(17-12)11-20-5-3-4-13(20)16(22)19-6-8-23-9-7-19/h10,13H,2-9,11H2,1H3,(H,17,18,21). The van der Waals surface area contributed by atoms with Crippen LogP contribution in [0.25, 0.3) is 0 Å². The number of amides is 1. The van der Waals surface area contributed by atoms with Gasteiger partial charge in [0.05, 0.1) is 12.6 Å². The SMILES string of the molecule is CCc1cc(=O)[nH]c(CN2CCCC2C(=O)N2CCSCC2)n1. The number of aryl methyl sites for hydroxylation is 1. The highest BCUT2D eigenvalue weighted by Gasteiger charge is 2.34. The Bertz CT molecular complexity index is 612. The van der Waals surface area contributed by atoms with E-state index in [-0.39, 0.29) is 17.5 Å². The number of hydrogen-bond donors (Lipinski definition) is 1. The summed E-state index contributed by atoms with van der Waals surface area (Å²) in [6.45, 7) is 5.13. The van der Waals surface area contributed by atoms with Gasteiger partial charge in [0, 0.05) is 36.4 Å². The van der Waals surface area contributed by atoms with Crippen LogP contribution >= 0.6 is 11.8 Å². The summed E-state index contributed by atoms with van der Waals surface area (Å²) < 4.78 is 0. The molecule has 2 saturated heterocycles. The Morgan fingerprint density at radius 1 is 1.39 bits per heavy atom. The summed E-state index contributed by atoms with van der Waals surface area (Å²) in [6.07, 6.45) is 2.67. The van der Waals surface area contributed by atoms with E-state index in [4.69, 9.17) is 0 Å². The first kappa shape index (κ1) is 16.5. The van der Waals surface area contributed by atoms with Crippen LogP contribution in [0.1, 0.15) is 31.3 Å². The minimum absolute atomic E-state index is 0.0614. The number of likely N-dealkylation sites (tertiary alicyclic amines) is 1. The number of nitrogens with zero attached hydrogens (tertiary/aromatic N) is 3. The Kier molecular flexibility index (Phi) is 5.38. The van der Waals surface area contributed by atoms with Gasteiger partial charge in [0.1, 0.15) is 5.82 Å². The fraction of sp³-hybridized carbons (Fsp3) is 0.688. The number of carbonyl (C=O) groups excluding carboxylic acids is 1. The Morgan fingerprint density at radius 2 is 2.17 bits per heavy atom. The summed E-state index contributed by atoms with van der Waals surface area (Å²) in [5, 5.41) is 0. The fourth-order valence-electron chi connectivity index (χ4n) is 3.30. The highest BCUT2D eigenvalue weighted by Crippen LogP contribution is 2.22. The second-order valence-corrected chi connectivity index (χ2v) is 7.33. The molecule has 0 spiro atoms. The summed E-state index contributed by atoms with van der Waals surface area (Å²) in [5.41, 5.74) is 0.695. The van der Waals surface area contributed by atoms with Gasteiger partial charge in [0.15, 0.2) is 0 Å². The normalized spacial score (nSPS) is 22.5. The van der Waals surface area contributed by atoms with E-state index in [0.717, 1.165) is 56.1 Å². The Hall–Kier alpha value is -1.34. The van der Waals surface area contributed by atoms with Crippen LogP contribution in [-0.2, 0) is 17.8 Å². The molecule has 1 unspecified atom stereocenters. The zero-order chi connectivity index (χ0) is 16.2. The van der Waals surface area contributed by atoms with E-state index in [1.165, 1.54) is 0 Å². The van der Waals surface area contributed by atoms with Crippen LogP contribution in [0.2, 0.25) is 0 Å². The van der Waals surface area contributed by atoms with Crippen LogP contribution in [0.4, 0.5) is 0 Å². The van der Waals surface area contributed by atoms with Crippen LogP contribution in [0, 0.1) is 0 Å². The molecule has 0 aliphatic carbocycles. The number of thioether (sulfide) groups is 1. The maximum absolute atomic E-state index is 12.8. The summed E-state index contributed by atoms with van der Waals surface area (Å²) in [4.78, 5) is 36.0. The highest BCUT2D eigenvalue weighted by atomic mass is 32.2. The van der Waals surface area contributed by atoms with Crippen molar-refractivity contribution in [2.75, 3.05) is 31.1 Å². The molecule has 7 heteroatoms. The third-order valence-corrected chi connectivity index (χ3v) is 5.47. The van der Waals surface area contributed by atoms with Gasteiger partial charge in [0.2, 0.25) is 5.91 Å². The van der Waals surface area contributed by atoms with Gasteiger partial charge in [-0.25, -0.2) is 4.98 Å². The van der Waals surface area contributed by atoms with Crippen molar-refractivity contribution in [1.82, 2.24) is 19.8 Å². The van der Waals surface area contributed by atoms with Crippen LogP contribution in [0.5, 0.6) is 0 Å². The van der Waals surface area contributed by atoms with Crippen molar-refractivity contribution in [2.45, 2.75) is 38.8 Å². The summed E-state index contributed by atoms with van der Waals surface area (Å²) in [7, 11) is 0. The largest absolute Gasteiger partial charge is 0.340 e. The van der Waals surface area contributed by atoms with Gasteiger partial charge in [-0.2, -0.15) is 11.8 Å². The molecular weight excluding hydrogens is 312 g/mol. The minimum Gasteiger partial charge on any atom is -0.340 e. The predicted molar refractivity (Wildman–Crippen MR) is 91.6 cm³/mol. The molecule has 0 saturated carbocycles. The second-order valence-electron chi connectivity index (χ2n) is 6.10. The molecule has 2 aliphatic heterocycles. The molecule has 3 rings (SSSR count). The van der Waals surface area contributed by atoms with Crippen molar-refractivity contribution in [3.63, 3.8) is 0 Å². The first-order chi connectivity index (χ1) is 11.2. The van der Waals surface area contributed by atoms with Crippen LogP contribution in [-0.4, -0.2) is 62.9 Å². The maximum Gasteiger partial charge on any atom is 0.251 e. The molecule has 1 aromatic rings. The van der Waals surface area contributed by atoms with Gasteiger partial charge in [-0.1, -0.05) is 6.92 Å². The van der Waals surface area contributed by atoms with E-state index in [1.807, 2.05) is 23.6 Å². The van der Waals surface area contributed by atoms with Gasteiger partial charge >= 0.3 is 0 Å². The van der Waals surface area contributed by atoms with Crippen molar-refractivity contribution < 1.29 is 4.79 Å². The van der Waals surface area contributed by atoms with Crippen molar-refractivity contribution in [1.29, 1.82) is 0 Å². The monoisotopic (exact) mass is 336 g/mol. The van der Waals surface area contributed by atoms with Gasteiger partial charge < -0.3 is 9.88 Å². The average molecular weight is 336 g/mol. The zero-order valence-corrected chi connectivity index (χ0v) is 14.4. The molecule has 1 aromatic heterocycles. The number of carbonyl (C=O) groups is 1. The van der Waals surface area contributed by atoms with Crippen molar-refractivity contribution >= 4 is 17.7 Å². The molecule has 2 aliphatic rings. The lowest BCUT2D eigenvalue weighted by Crippen LogP contribution is -2.48. The zero-order valence-electron chi connectivity index (χ0n) is 13.6. The minimum atomic E-state index is -0.109. The molecule has 126 valence electrons. The van der Waals surface area contributed by atoms with Crippen molar-refractivity contribution in [3.8, 4) is 0 Å². The third kappa shape index (κ3) is 3.95. The van der Waals surface area contributed by atoms with E-state index >= 15 is 0 Å². The Morgan fingerprint density at radius 3 is 2.91 bits per heavy atom.